The first kappa shape index (κ1) is 16.7. The fraction of sp³-hybridized carbons (Fsp3) is 0.389. The number of rotatable bonds is 6. The number of nitrogen functional groups attached to an aromatic ring is 1. The fourth-order valence-electron chi connectivity index (χ4n) is 3.55. The average Bonchev–Trinajstić information content (AvgIpc) is 3.04. The Balaban J connectivity index is 1.63. The Kier molecular flexibility index (Phi) is 4.44. The Hall–Kier alpha value is -2.71. The van der Waals surface area contributed by atoms with Gasteiger partial charge in [-0.25, -0.2) is 4.98 Å². The Bertz CT molecular complexity index is 898. The van der Waals surface area contributed by atoms with Crippen molar-refractivity contribution in [2.75, 3.05) is 18.9 Å². The van der Waals surface area contributed by atoms with Crippen molar-refractivity contribution in [2.45, 2.75) is 19.1 Å². The highest BCUT2D eigenvalue weighted by Gasteiger charge is 2.42. The highest BCUT2D eigenvalue weighted by molar-refractivity contribution is 5.77. The van der Waals surface area contributed by atoms with Crippen LogP contribution in [0.15, 0.2) is 36.7 Å². The minimum atomic E-state index is -0.0257. The van der Waals surface area contributed by atoms with Crippen molar-refractivity contribution in [3.05, 3.63) is 42.2 Å². The molecule has 3 atom stereocenters. The highest BCUT2D eigenvalue weighted by atomic mass is 16.5. The van der Waals surface area contributed by atoms with Gasteiger partial charge < -0.3 is 25.3 Å². The molecule has 4 rings (SSSR count). The third kappa shape index (κ3) is 2.87. The van der Waals surface area contributed by atoms with E-state index in [1.165, 1.54) is 0 Å². The van der Waals surface area contributed by atoms with Gasteiger partial charge in [0.25, 0.3) is 0 Å². The summed E-state index contributed by atoms with van der Waals surface area (Å²) in [6, 6.07) is 9.80. The number of imidazole rings is 1. The van der Waals surface area contributed by atoms with Gasteiger partial charge in [0.15, 0.2) is 11.2 Å². The molecule has 0 unspecified atom stereocenters. The van der Waals surface area contributed by atoms with Crippen molar-refractivity contribution < 1.29 is 14.9 Å². The molecule has 0 saturated heterocycles. The van der Waals surface area contributed by atoms with Crippen LogP contribution in [0.25, 0.3) is 11.2 Å². The number of nitrogens with zero attached hydrogens (tertiary/aromatic N) is 4. The molecule has 0 radical (unpaired) electrons. The Morgan fingerprint density at radius 2 is 1.96 bits per heavy atom. The van der Waals surface area contributed by atoms with Gasteiger partial charge >= 0.3 is 0 Å². The molecule has 1 fully saturated rings. The maximum absolute atomic E-state index is 9.62. The SMILES string of the molecule is Nc1nc(OCc2ccccc2)c2ncn([C@@H]3C[C@H](CO)[C@H]3CO)c2n1. The lowest BCUT2D eigenvalue weighted by atomic mass is 9.70. The largest absolute Gasteiger partial charge is 0.471 e. The van der Waals surface area contributed by atoms with Gasteiger partial charge in [0.1, 0.15) is 6.61 Å². The second-order valence-corrected chi connectivity index (χ2v) is 6.58. The van der Waals surface area contributed by atoms with E-state index in [0.717, 1.165) is 12.0 Å². The second-order valence-electron chi connectivity index (χ2n) is 6.58. The number of aromatic nitrogens is 4. The molecular weight excluding hydrogens is 334 g/mol. The van der Waals surface area contributed by atoms with Crippen LogP contribution in [-0.4, -0.2) is 42.9 Å². The van der Waals surface area contributed by atoms with Crippen molar-refractivity contribution in [2.24, 2.45) is 11.8 Å². The topological polar surface area (TPSA) is 119 Å². The molecule has 8 nitrogen and oxygen atoms in total. The van der Waals surface area contributed by atoms with E-state index >= 15 is 0 Å². The van der Waals surface area contributed by atoms with Crippen LogP contribution in [0.5, 0.6) is 5.88 Å². The van der Waals surface area contributed by atoms with Gasteiger partial charge in [-0.2, -0.15) is 9.97 Å². The number of aliphatic hydroxyl groups excluding tert-OH is 2. The quantitative estimate of drug-likeness (QED) is 0.607. The predicted molar refractivity (Wildman–Crippen MR) is 95.3 cm³/mol. The summed E-state index contributed by atoms with van der Waals surface area (Å²) >= 11 is 0. The number of anilines is 1. The minimum absolute atomic E-state index is 0.00744. The number of nitrogens with two attached hydrogens (primary N) is 1. The number of ether oxygens (including phenoxy) is 1. The molecule has 1 aromatic carbocycles. The molecule has 2 heterocycles. The predicted octanol–water partition coefficient (Wildman–Crippen LogP) is 1.15. The summed E-state index contributed by atoms with van der Waals surface area (Å²) in [5, 5.41) is 19.0. The van der Waals surface area contributed by atoms with Crippen LogP contribution in [0.3, 0.4) is 0 Å². The summed E-state index contributed by atoms with van der Waals surface area (Å²) in [6.45, 7) is 0.430. The number of benzene rings is 1. The number of hydrogen-bond donors (Lipinski definition) is 3. The normalized spacial score (nSPS) is 22.3. The van der Waals surface area contributed by atoms with Gasteiger partial charge in [0, 0.05) is 25.2 Å². The maximum Gasteiger partial charge on any atom is 0.247 e. The standard InChI is InChI=1S/C18H21N5O3/c19-18-21-16-15(17(22-18)26-9-11-4-2-1-3-5-11)20-10-23(16)14-6-12(7-24)13(14)8-25/h1-5,10,12-14,24-25H,6-9H2,(H2,19,21,22)/t12-,13-,14-/m1/s1. The number of hydrogen-bond acceptors (Lipinski definition) is 7. The van der Waals surface area contributed by atoms with Crippen LogP contribution in [0, 0.1) is 11.8 Å². The van der Waals surface area contributed by atoms with E-state index in [0.29, 0.717) is 23.7 Å². The summed E-state index contributed by atoms with van der Waals surface area (Å²) in [4.78, 5) is 12.9. The molecule has 2 aromatic heterocycles. The first-order valence-corrected chi connectivity index (χ1v) is 8.59. The summed E-state index contributed by atoms with van der Waals surface area (Å²) in [7, 11) is 0. The molecule has 136 valence electrons. The zero-order valence-corrected chi connectivity index (χ0v) is 14.2. The van der Waals surface area contributed by atoms with Gasteiger partial charge in [-0.1, -0.05) is 30.3 Å². The lowest BCUT2D eigenvalue weighted by Gasteiger charge is -2.43. The lowest BCUT2D eigenvalue weighted by molar-refractivity contribution is -0.00528. The fourth-order valence-corrected chi connectivity index (χ4v) is 3.55. The first-order valence-electron chi connectivity index (χ1n) is 8.59. The minimum Gasteiger partial charge on any atom is -0.471 e. The zero-order valence-electron chi connectivity index (χ0n) is 14.2. The molecule has 26 heavy (non-hydrogen) atoms. The molecule has 1 saturated carbocycles. The van der Waals surface area contributed by atoms with Gasteiger partial charge in [-0.05, 0) is 17.9 Å². The van der Waals surface area contributed by atoms with Crippen molar-refractivity contribution in [1.82, 2.24) is 19.5 Å². The number of fused-ring (bicyclic) bond motifs is 1. The van der Waals surface area contributed by atoms with E-state index in [1.54, 1.807) is 6.33 Å². The van der Waals surface area contributed by atoms with E-state index < -0.39 is 0 Å². The second kappa shape index (κ2) is 6.89. The molecule has 0 amide bonds. The Labute approximate surface area is 150 Å². The summed E-state index contributed by atoms with van der Waals surface area (Å²) in [5.41, 5.74) is 8.01. The van der Waals surface area contributed by atoms with Crippen molar-refractivity contribution >= 4 is 17.1 Å². The van der Waals surface area contributed by atoms with Crippen molar-refractivity contribution in [3.63, 3.8) is 0 Å². The molecule has 1 aliphatic carbocycles. The van der Waals surface area contributed by atoms with Crippen LogP contribution >= 0.6 is 0 Å². The Morgan fingerprint density at radius 1 is 1.15 bits per heavy atom. The van der Waals surface area contributed by atoms with E-state index in [4.69, 9.17) is 10.5 Å². The van der Waals surface area contributed by atoms with Crippen LogP contribution in [-0.2, 0) is 6.61 Å². The van der Waals surface area contributed by atoms with Gasteiger partial charge in [-0.15, -0.1) is 0 Å². The number of aliphatic hydroxyl groups is 2. The molecule has 4 N–H and O–H groups in total. The molecule has 0 aliphatic heterocycles. The van der Waals surface area contributed by atoms with Crippen LogP contribution in [0.4, 0.5) is 5.95 Å². The smallest absolute Gasteiger partial charge is 0.247 e. The van der Waals surface area contributed by atoms with E-state index in [1.807, 2.05) is 34.9 Å². The highest BCUT2D eigenvalue weighted by Crippen LogP contribution is 2.44. The summed E-state index contributed by atoms with van der Waals surface area (Å²) in [5.74, 6) is 0.521. The first-order chi connectivity index (χ1) is 12.7. The van der Waals surface area contributed by atoms with E-state index in [2.05, 4.69) is 15.0 Å². The van der Waals surface area contributed by atoms with E-state index in [9.17, 15) is 10.2 Å². The van der Waals surface area contributed by atoms with Gasteiger partial charge in [0.05, 0.1) is 6.33 Å². The van der Waals surface area contributed by atoms with E-state index in [-0.39, 0.29) is 37.0 Å². The molecule has 1 aliphatic rings. The molecule has 0 spiro atoms. The summed E-state index contributed by atoms with van der Waals surface area (Å²) in [6.07, 6.45) is 2.44. The average molecular weight is 355 g/mol. The van der Waals surface area contributed by atoms with Crippen LogP contribution in [0.1, 0.15) is 18.0 Å². The zero-order chi connectivity index (χ0) is 18.1. The van der Waals surface area contributed by atoms with Gasteiger partial charge in [-0.3, -0.25) is 0 Å². The monoisotopic (exact) mass is 355 g/mol. The Morgan fingerprint density at radius 3 is 2.69 bits per heavy atom. The van der Waals surface area contributed by atoms with Crippen molar-refractivity contribution in [3.8, 4) is 5.88 Å². The van der Waals surface area contributed by atoms with Gasteiger partial charge in [0.2, 0.25) is 11.8 Å². The third-order valence-electron chi connectivity index (χ3n) is 5.07. The maximum atomic E-state index is 9.62. The van der Waals surface area contributed by atoms with Crippen LogP contribution < -0.4 is 10.5 Å². The molecule has 3 aromatic rings. The molecular formula is C18H21N5O3. The molecule has 8 heteroatoms. The molecule has 0 bridgehead atoms. The van der Waals surface area contributed by atoms with Crippen molar-refractivity contribution in [1.29, 1.82) is 0 Å². The summed E-state index contributed by atoms with van der Waals surface area (Å²) < 4.78 is 7.73. The lowest BCUT2D eigenvalue weighted by Crippen LogP contribution is -2.42. The van der Waals surface area contributed by atoms with Crippen LogP contribution in [0.2, 0.25) is 0 Å². The third-order valence-corrected chi connectivity index (χ3v) is 5.07.